The molecular formula is C14H18Cl2N2O3S. The fourth-order valence-corrected chi connectivity index (χ4v) is 4.64. The minimum absolute atomic E-state index is 0.0251. The van der Waals surface area contributed by atoms with Crippen LogP contribution in [0.4, 0.5) is 0 Å². The average molecular weight is 365 g/mol. The maximum absolute atomic E-state index is 11.9. The molecule has 1 aliphatic heterocycles. The van der Waals surface area contributed by atoms with Crippen molar-refractivity contribution in [3.63, 3.8) is 0 Å². The van der Waals surface area contributed by atoms with Gasteiger partial charge < -0.3 is 10.6 Å². The first-order valence-corrected chi connectivity index (χ1v) is 9.53. The first kappa shape index (κ1) is 17.5. The fourth-order valence-electron chi connectivity index (χ4n) is 2.40. The largest absolute Gasteiger partial charge is 0.351 e. The maximum atomic E-state index is 11.9. The zero-order valence-corrected chi connectivity index (χ0v) is 14.4. The molecule has 0 radical (unpaired) electrons. The van der Waals surface area contributed by atoms with Crippen LogP contribution in [0.3, 0.4) is 0 Å². The summed E-state index contributed by atoms with van der Waals surface area (Å²) in [4.78, 5) is 11.9. The van der Waals surface area contributed by atoms with Gasteiger partial charge in [0.05, 0.1) is 18.1 Å². The van der Waals surface area contributed by atoms with Gasteiger partial charge in [-0.05, 0) is 31.0 Å². The first-order chi connectivity index (χ1) is 10.3. The monoisotopic (exact) mass is 364 g/mol. The molecule has 1 heterocycles. The summed E-state index contributed by atoms with van der Waals surface area (Å²) >= 11 is 12.0. The molecule has 1 amide bonds. The van der Waals surface area contributed by atoms with E-state index >= 15 is 0 Å². The Balaban J connectivity index is 1.83. The topological polar surface area (TPSA) is 75.3 Å². The molecule has 0 unspecified atom stereocenters. The highest BCUT2D eigenvalue weighted by Gasteiger charge is 2.28. The van der Waals surface area contributed by atoms with Gasteiger partial charge >= 0.3 is 0 Å². The molecule has 22 heavy (non-hydrogen) atoms. The van der Waals surface area contributed by atoms with Crippen LogP contribution < -0.4 is 10.6 Å². The van der Waals surface area contributed by atoms with Crippen molar-refractivity contribution in [2.75, 3.05) is 18.1 Å². The third-order valence-electron chi connectivity index (χ3n) is 3.60. The molecule has 2 atom stereocenters. The summed E-state index contributed by atoms with van der Waals surface area (Å²) in [5, 5.41) is 6.89. The van der Waals surface area contributed by atoms with E-state index in [0.29, 0.717) is 16.5 Å². The van der Waals surface area contributed by atoms with E-state index in [1.165, 1.54) is 0 Å². The second-order valence-corrected chi connectivity index (χ2v) is 8.51. The van der Waals surface area contributed by atoms with Gasteiger partial charge in [-0.15, -0.1) is 0 Å². The van der Waals surface area contributed by atoms with Crippen LogP contribution in [-0.4, -0.2) is 38.4 Å². The van der Waals surface area contributed by atoms with Gasteiger partial charge in [-0.25, -0.2) is 8.42 Å². The van der Waals surface area contributed by atoms with Crippen molar-refractivity contribution in [2.24, 2.45) is 0 Å². The molecule has 1 saturated heterocycles. The molecule has 0 spiro atoms. The molecule has 0 saturated carbocycles. The molecule has 1 aromatic carbocycles. The van der Waals surface area contributed by atoms with Crippen LogP contribution in [-0.2, 0) is 14.6 Å². The van der Waals surface area contributed by atoms with Crippen molar-refractivity contribution in [1.82, 2.24) is 10.6 Å². The summed E-state index contributed by atoms with van der Waals surface area (Å²) in [6, 6.07) is 4.80. The lowest BCUT2D eigenvalue weighted by Crippen LogP contribution is -2.41. The predicted molar refractivity (Wildman–Crippen MR) is 88.1 cm³/mol. The predicted octanol–water partition coefficient (Wildman–Crippen LogP) is 1.95. The molecule has 0 bridgehead atoms. The van der Waals surface area contributed by atoms with Crippen molar-refractivity contribution in [2.45, 2.75) is 25.4 Å². The smallest absolute Gasteiger partial charge is 0.234 e. The second-order valence-electron chi connectivity index (χ2n) is 5.44. The Labute approximate surface area is 140 Å². The summed E-state index contributed by atoms with van der Waals surface area (Å²) in [5.74, 6) is -0.0570. The number of benzene rings is 1. The molecular weight excluding hydrogens is 347 g/mol. The van der Waals surface area contributed by atoms with E-state index in [1.807, 2.05) is 13.0 Å². The highest BCUT2D eigenvalue weighted by molar-refractivity contribution is 7.91. The van der Waals surface area contributed by atoms with Gasteiger partial charge in [-0.3, -0.25) is 4.79 Å². The SMILES string of the molecule is C[C@@H](NCC(=O)N[C@H]1CCS(=O)(=O)C1)c1ccc(Cl)cc1Cl. The molecule has 1 aliphatic rings. The Hall–Kier alpha value is -0.820. The highest BCUT2D eigenvalue weighted by atomic mass is 35.5. The van der Waals surface area contributed by atoms with Crippen LogP contribution in [0, 0.1) is 0 Å². The molecule has 8 heteroatoms. The minimum atomic E-state index is -2.99. The third kappa shape index (κ3) is 4.84. The molecule has 0 aliphatic carbocycles. The van der Waals surface area contributed by atoms with E-state index in [9.17, 15) is 13.2 Å². The quantitative estimate of drug-likeness (QED) is 0.836. The standard InChI is InChI=1S/C14H18Cl2N2O3S/c1-9(12-3-2-10(15)6-13(12)16)17-7-14(19)18-11-4-5-22(20,21)8-11/h2-3,6,9,11,17H,4-5,7-8H2,1H3,(H,18,19)/t9-,11+/m1/s1. The first-order valence-electron chi connectivity index (χ1n) is 6.95. The van der Waals surface area contributed by atoms with E-state index in [-0.39, 0.29) is 36.0 Å². The van der Waals surface area contributed by atoms with Crippen LogP contribution >= 0.6 is 23.2 Å². The lowest BCUT2D eigenvalue weighted by Gasteiger charge is -2.17. The van der Waals surface area contributed by atoms with Crippen LogP contribution in [0.15, 0.2) is 18.2 Å². The van der Waals surface area contributed by atoms with Gasteiger partial charge in [0.25, 0.3) is 0 Å². The van der Waals surface area contributed by atoms with Gasteiger partial charge in [-0.1, -0.05) is 29.3 Å². The number of amides is 1. The molecule has 1 fully saturated rings. The van der Waals surface area contributed by atoms with Crippen LogP contribution in [0.1, 0.15) is 24.9 Å². The Morgan fingerprint density at radius 1 is 1.41 bits per heavy atom. The number of hydrogen-bond donors (Lipinski definition) is 2. The second kappa shape index (κ2) is 7.17. The fraction of sp³-hybridized carbons (Fsp3) is 0.500. The summed E-state index contributed by atoms with van der Waals surface area (Å²) in [7, 11) is -2.99. The molecule has 2 rings (SSSR count). The summed E-state index contributed by atoms with van der Waals surface area (Å²) in [5.41, 5.74) is 0.849. The number of halogens is 2. The van der Waals surface area contributed by atoms with Crippen molar-refractivity contribution in [1.29, 1.82) is 0 Å². The van der Waals surface area contributed by atoms with Gasteiger partial charge in [0, 0.05) is 22.1 Å². The van der Waals surface area contributed by atoms with Gasteiger partial charge in [0.15, 0.2) is 9.84 Å². The van der Waals surface area contributed by atoms with E-state index in [4.69, 9.17) is 23.2 Å². The summed E-state index contributed by atoms with van der Waals surface area (Å²) < 4.78 is 22.7. The van der Waals surface area contributed by atoms with Crippen molar-refractivity contribution < 1.29 is 13.2 Å². The molecule has 122 valence electrons. The van der Waals surface area contributed by atoms with Crippen LogP contribution in [0.25, 0.3) is 0 Å². The maximum Gasteiger partial charge on any atom is 0.234 e. The zero-order valence-electron chi connectivity index (χ0n) is 12.1. The van der Waals surface area contributed by atoms with Gasteiger partial charge in [-0.2, -0.15) is 0 Å². The van der Waals surface area contributed by atoms with Crippen molar-refractivity contribution >= 4 is 38.9 Å². The Bertz CT molecular complexity index is 664. The van der Waals surface area contributed by atoms with Crippen molar-refractivity contribution in [3.8, 4) is 0 Å². The summed E-state index contributed by atoms with van der Waals surface area (Å²) in [6.45, 7) is 1.99. The van der Waals surface area contributed by atoms with E-state index in [0.717, 1.165) is 5.56 Å². The number of nitrogens with one attached hydrogen (secondary N) is 2. The molecule has 2 N–H and O–H groups in total. The third-order valence-corrected chi connectivity index (χ3v) is 5.93. The summed E-state index contributed by atoms with van der Waals surface area (Å²) in [6.07, 6.45) is 0.479. The minimum Gasteiger partial charge on any atom is -0.351 e. The van der Waals surface area contributed by atoms with Gasteiger partial charge in [0.2, 0.25) is 5.91 Å². The number of rotatable bonds is 5. The zero-order chi connectivity index (χ0) is 16.3. The Morgan fingerprint density at radius 3 is 2.73 bits per heavy atom. The van der Waals surface area contributed by atoms with E-state index in [1.54, 1.807) is 12.1 Å². The van der Waals surface area contributed by atoms with E-state index in [2.05, 4.69) is 10.6 Å². The highest BCUT2D eigenvalue weighted by Crippen LogP contribution is 2.25. The number of sulfone groups is 1. The lowest BCUT2D eigenvalue weighted by molar-refractivity contribution is -0.120. The Kier molecular flexibility index (Phi) is 5.71. The normalized spacial score (nSPS) is 21.5. The van der Waals surface area contributed by atoms with Gasteiger partial charge in [0.1, 0.15) is 0 Å². The molecule has 1 aromatic rings. The van der Waals surface area contributed by atoms with Crippen LogP contribution in [0.2, 0.25) is 10.0 Å². The molecule has 5 nitrogen and oxygen atoms in total. The lowest BCUT2D eigenvalue weighted by atomic mass is 10.1. The number of hydrogen-bond acceptors (Lipinski definition) is 4. The molecule has 0 aromatic heterocycles. The van der Waals surface area contributed by atoms with Crippen molar-refractivity contribution in [3.05, 3.63) is 33.8 Å². The van der Waals surface area contributed by atoms with Crippen LogP contribution in [0.5, 0.6) is 0 Å². The van der Waals surface area contributed by atoms with E-state index < -0.39 is 9.84 Å². The average Bonchev–Trinajstić information content (AvgIpc) is 2.75. The number of carbonyl (C=O) groups excluding carboxylic acids is 1. The number of carbonyl (C=O) groups is 1. The Morgan fingerprint density at radius 2 is 2.14 bits per heavy atom.